The van der Waals surface area contributed by atoms with Gasteiger partial charge in [-0.2, -0.15) is 12.6 Å². The Morgan fingerprint density at radius 3 is 1.94 bits per heavy atom. The van der Waals surface area contributed by atoms with Crippen molar-refractivity contribution >= 4 is 12.6 Å². The highest BCUT2D eigenvalue weighted by atomic mass is 32.1. The Bertz CT molecular complexity index is 218. The summed E-state index contributed by atoms with van der Waals surface area (Å²) in [6.45, 7) is 9.86. The van der Waals surface area contributed by atoms with Crippen LogP contribution < -0.4 is 0 Å². The summed E-state index contributed by atoms with van der Waals surface area (Å²) in [5, 5.41) is 0. The van der Waals surface area contributed by atoms with Crippen molar-refractivity contribution in [3.63, 3.8) is 0 Å². The molecule has 0 bridgehead atoms. The smallest absolute Gasteiger partial charge is 0.0971 e. The molecule has 0 spiro atoms. The minimum atomic E-state index is 0.209. The molecular weight excluding hydrogens is 234 g/mol. The molecule has 0 N–H and O–H groups in total. The summed E-state index contributed by atoms with van der Waals surface area (Å²) in [6, 6.07) is 0. The van der Waals surface area contributed by atoms with E-state index >= 15 is 0 Å². The Kier molecular flexibility index (Phi) is 5.77. The predicted octanol–water partition coefficient (Wildman–Crippen LogP) is 1.92. The molecule has 4 heteroatoms. The highest BCUT2D eigenvalue weighted by molar-refractivity contribution is 7.80. The number of hydrogen-bond acceptors (Lipinski definition) is 4. The van der Waals surface area contributed by atoms with E-state index in [1.807, 2.05) is 0 Å². The van der Waals surface area contributed by atoms with Crippen molar-refractivity contribution in [1.29, 1.82) is 0 Å². The molecule has 17 heavy (non-hydrogen) atoms. The maximum Gasteiger partial charge on any atom is 0.0971 e. The second kappa shape index (κ2) is 6.41. The molecule has 1 heterocycles. The molecule has 0 aliphatic carbocycles. The zero-order valence-electron chi connectivity index (χ0n) is 11.8. The lowest BCUT2D eigenvalue weighted by Gasteiger charge is -2.32. The summed E-state index contributed by atoms with van der Waals surface area (Å²) in [4.78, 5) is 2.44. The van der Waals surface area contributed by atoms with Gasteiger partial charge in [-0.05, 0) is 17.1 Å². The van der Waals surface area contributed by atoms with Gasteiger partial charge in [-0.15, -0.1) is 0 Å². The average Bonchev–Trinajstić information content (AvgIpc) is 2.66. The number of thiol groups is 1. The van der Waals surface area contributed by atoms with E-state index in [-0.39, 0.29) is 12.2 Å². The maximum atomic E-state index is 5.46. The van der Waals surface area contributed by atoms with Crippen molar-refractivity contribution in [1.82, 2.24) is 4.90 Å². The molecule has 0 aromatic rings. The third-order valence-electron chi connectivity index (χ3n) is 3.82. The number of likely N-dealkylation sites (tertiary alicyclic amines) is 1. The number of nitrogens with zero attached hydrogens (tertiary/aromatic N) is 1. The number of hydrogen-bond donors (Lipinski definition) is 1. The fourth-order valence-electron chi connectivity index (χ4n) is 2.34. The molecule has 0 saturated carbocycles. The first kappa shape index (κ1) is 15.3. The van der Waals surface area contributed by atoms with E-state index in [9.17, 15) is 0 Å². The van der Waals surface area contributed by atoms with Gasteiger partial charge in [0.2, 0.25) is 0 Å². The lowest BCUT2D eigenvalue weighted by molar-refractivity contribution is -0.00461. The first-order valence-corrected chi connectivity index (χ1v) is 6.94. The maximum absolute atomic E-state index is 5.46. The summed E-state index contributed by atoms with van der Waals surface area (Å²) in [5.74, 6) is 1.52. The summed E-state index contributed by atoms with van der Waals surface area (Å²) in [7, 11) is 3.53. The molecule has 3 nitrogen and oxygen atoms in total. The zero-order valence-corrected chi connectivity index (χ0v) is 12.7. The van der Waals surface area contributed by atoms with E-state index in [0.29, 0.717) is 11.3 Å². The predicted molar refractivity (Wildman–Crippen MR) is 74.8 cm³/mol. The van der Waals surface area contributed by atoms with E-state index in [2.05, 4.69) is 38.3 Å². The van der Waals surface area contributed by atoms with Gasteiger partial charge >= 0.3 is 0 Å². The quantitative estimate of drug-likeness (QED) is 0.764. The van der Waals surface area contributed by atoms with Gasteiger partial charge in [0.1, 0.15) is 0 Å². The van der Waals surface area contributed by atoms with Crippen LogP contribution in [0.2, 0.25) is 0 Å². The molecule has 3 atom stereocenters. The highest BCUT2D eigenvalue weighted by Crippen LogP contribution is 2.29. The summed E-state index contributed by atoms with van der Waals surface area (Å²) >= 11 is 4.48. The third-order valence-corrected chi connectivity index (χ3v) is 4.26. The molecule has 0 aromatic carbocycles. The van der Waals surface area contributed by atoms with Crippen LogP contribution in [0.4, 0.5) is 0 Å². The fourth-order valence-corrected chi connectivity index (χ4v) is 3.00. The first-order valence-electron chi connectivity index (χ1n) is 6.31. The summed E-state index contributed by atoms with van der Waals surface area (Å²) < 4.78 is 10.9. The van der Waals surface area contributed by atoms with Crippen LogP contribution in [-0.4, -0.2) is 56.7 Å². The fraction of sp³-hybridized carbons (Fsp3) is 1.00. The van der Waals surface area contributed by atoms with Crippen LogP contribution in [0.3, 0.4) is 0 Å². The minimum Gasteiger partial charge on any atom is -0.377 e. The van der Waals surface area contributed by atoms with E-state index in [1.54, 1.807) is 14.2 Å². The van der Waals surface area contributed by atoms with Crippen LogP contribution in [0.1, 0.15) is 20.8 Å². The molecule has 1 saturated heterocycles. The molecule has 1 aliphatic rings. The Morgan fingerprint density at radius 1 is 1.18 bits per heavy atom. The minimum absolute atomic E-state index is 0.209. The average molecular weight is 261 g/mol. The van der Waals surface area contributed by atoms with Crippen LogP contribution in [-0.2, 0) is 9.47 Å². The van der Waals surface area contributed by atoms with Crippen LogP contribution in [0.15, 0.2) is 0 Å². The third kappa shape index (κ3) is 4.12. The molecule has 1 rings (SSSR count). The highest BCUT2D eigenvalue weighted by Gasteiger charge is 2.35. The molecule has 1 aliphatic heterocycles. The molecule has 102 valence electrons. The topological polar surface area (TPSA) is 21.7 Å². The zero-order chi connectivity index (χ0) is 13.1. The second-order valence-electron chi connectivity index (χ2n) is 6.01. The monoisotopic (exact) mass is 261 g/mol. The van der Waals surface area contributed by atoms with Crippen molar-refractivity contribution in [2.75, 3.05) is 39.6 Å². The molecule has 0 radical (unpaired) electrons. The van der Waals surface area contributed by atoms with Crippen molar-refractivity contribution in [2.24, 2.45) is 11.3 Å². The van der Waals surface area contributed by atoms with Crippen LogP contribution in [0, 0.1) is 11.3 Å². The Balaban J connectivity index is 2.53. The van der Waals surface area contributed by atoms with E-state index in [4.69, 9.17) is 9.47 Å². The molecule has 0 aromatic heterocycles. The van der Waals surface area contributed by atoms with Crippen molar-refractivity contribution in [3.8, 4) is 0 Å². The lowest BCUT2D eigenvalue weighted by Crippen LogP contribution is -2.36. The molecule has 1 fully saturated rings. The van der Waals surface area contributed by atoms with Crippen LogP contribution >= 0.6 is 12.6 Å². The van der Waals surface area contributed by atoms with Gasteiger partial charge < -0.3 is 9.47 Å². The van der Waals surface area contributed by atoms with Gasteiger partial charge in [0.15, 0.2) is 0 Å². The molecule has 3 unspecified atom stereocenters. The van der Waals surface area contributed by atoms with Gasteiger partial charge in [-0.25, -0.2) is 0 Å². The Morgan fingerprint density at radius 2 is 1.65 bits per heavy atom. The van der Waals surface area contributed by atoms with Gasteiger partial charge in [0.25, 0.3) is 0 Å². The van der Waals surface area contributed by atoms with Gasteiger partial charge in [0, 0.05) is 33.9 Å². The van der Waals surface area contributed by atoms with Crippen molar-refractivity contribution in [3.05, 3.63) is 0 Å². The van der Waals surface area contributed by atoms with Gasteiger partial charge in [0.05, 0.1) is 12.2 Å². The summed E-state index contributed by atoms with van der Waals surface area (Å²) in [6.07, 6.45) is 0.418. The summed E-state index contributed by atoms with van der Waals surface area (Å²) in [5.41, 5.74) is 0.301. The standard InChI is InChI=1S/C13H27NO2S/c1-13(2,3)10(9-17)6-14-7-11(15-4)12(8-14)16-5/h10-12,17H,6-9H2,1-5H3. The number of methoxy groups -OCH3 is 2. The largest absolute Gasteiger partial charge is 0.377 e. The molecule has 0 amide bonds. The second-order valence-corrected chi connectivity index (χ2v) is 6.38. The van der Waals surface area contributed by atoms with E-state index in [1.165, 1.54) is 0 Å². The van der Waals surface area contributed by atoms with Crippen LogP contribution in [0.25, 0.3) is 0 Å². The number of ether oxygens (including phenoxy) is 2. The van der Waals surface area contributed by atoms with Crippen molar-refractivity contribution < 1.29 is 9.47 Å². The lowest BCUT2D eigenvalue weighted by atomic mass is 9.81. The SMILES string of the molecule is COC1CN(CC(CS)C(C)(C)C)CC1OC. The normalized spacial score (nSPS) is 28.6. The Labute approximate surface area is 111 Å². The molecular formula is C13H27NO2S. The van der Waals surface area contributed by atoms with Gasteiger partial charge in [-0.1, -0.05) is 20.8 Å². The number of rotatable bonds is 5. The van der Waals surface area contributed by atoms with Crippen molar-refractivity contribution in [2.45, 2.75) is 33.0 Å². The van der Waals surface area contributed by atoms with E-state index < -0.39 is 0 Å². The van der Waals surface area contributed by atoms with E-state index in [0.717, 1.165) is 25.4 Å². The van der Waals surface area contributed by atoms with Crippen LogP contribution in [0.5, 0.6) is 0 Å². The first-order chi connectivity index (χ1) is 7.92. The van der Waals surface area contributed by atoms with Gasteiger partial charge in [-0.3, -0.25) is 4.90 Å². The Hall–Kier alpha value is 0.230.